The largest absolute Gasteiger partial charge is 0.493 e. The fraction of sp³-hybridized carbons (Fsp3) is 0.636. The smallest absolute Gasteiger partial charge is 0.225 e. The predicted molar refractivity (Wildman–Crippen MR) is 108 cm³/mol. The van der Waals surface area contributed by atoms with E-state index in [1.165, 1.54) is 0 Å². The summed E-state index contributed by atoms with van der Waals surface area (Å²) in [6, 6.07) is 6.10. The topological polar surface area (TPSA) is 49.9 Å². The minimum atomic E-state index is 0.120. The number of benzene rings is 1. The summed E-state index contributed by atoms with van der Waals surface area (Å²) in [5.41, 5.74) is 2.25. The average molecular weight is 375 g/mol. The van der Waals surface area contributed by atoms with Gasteiger partial charge < -0.3 is 14.5 Å². The van der Waals surface area contributed by atoms with Gasteiger partial charge in [-0.05, 0) is 44.2 Å². The van der Waals surface area contributed by atoms with Gasteiger partial charge in [0.05, 0.1) is 6.61 Å². The maximum Gasteiger partial charge on any atom is 0.225 e. The number of amides is 2. The second-order valence-corrected chi connectivity index (χ2v) is 7.39. The van der Waals surface area contributed by atoms with E-state index in [2.05, 4.69) is 13.8 Å². The molecule has 0 saturated carbocycles. The first-order valence-electron chi connectivity index (χ1n) is 10.2. The van der Waals surface area contributed by atoms with Crippen molar-refractivity contribution in [1.82, 2.24) is 9.80 Å². The van der Waals surface area contributed by atoms with Crippen molar-refractivity contribution in [2.24, 2.45) is 5.92 Å². The zero-order chi connectivity index (χ0) is 19.8. The summed E-state index contributed by atoms with van der Waals surface area (Å²) in [5, 5.41) is 0. The number of carbonyl (C=O) groups excluding carboxylic acids is 2. The minimum absolute atomic E-state index is 0.120. The van der Waals surface area contributed by atoms with Crippen LogP contribution in [0.3, 0.4) is 0 Å². The molecule has 5 heteroatoms. The molecule has 2 rings (SSSR count). The maximum atomic E-state index is 12.4. The third-order valence-electron chi connectivity index (χ3n) is 5.47. The normalized spacial score (nSPS) is 14.6. The Morgan fingerprint density at radius 1 is 1.00 bits per heavy atom. The van der Waals surface area contributed by atoms with Crippen LogP contribution in [0.4, 0.5) is 0 Å². The molecule has 1 aliphatic heterocycles. The highest BCUT2D eigenvalue weighted by molar-refractivity contribution is 5.80. The molecule has 1 aromatic rings. The number of aryl methyl sites for hydroxylation is 2. The van der Waals surface area contributed by atoms with Gasteiger partial charge in [-0.1, -0.05) is 32.0 Å². The van der Waals surface area contributed by atoms with Crippen LogP contribution < -0.4 is 4.74 Å². The molecule has 0 spiro atoms. The predicted octanol–water partition coefficient (Wildman–Crippen LogP) is 3.57. The number of nitrogens with zero attached hydrogens (tertiary/aromatic N) is 2. The molecule has 0 atom stereocenters. The van der Waals surface area contributed by atoms with Gasteiger partial charge in [0, 0.05) is 38.5 Å². The Morgan fingerprint density at radius 2 is 1.56 bits per heavy atom. The Kier molecular flexibility index (Phi) is 8.14. The number of piperazine rings is 1. The van der Waals surface area contributed by atoms with E-state index in [4.69, 9.17) is 4.74 Å². The Bertz CT molecular complexity index is 612. The van der Waals surface area contributed by atoms with Gasteiger partial charge in [0.25, 0.3) is 0 Å². The second-order valence-electron chi connectivity index (χ2n) is 7.39. The van der Waals surface area contributed by atoms with Gasteiger partial charge in [0.1, 0.15) is 5.75 Å². The Labute approximate surface area is 163 Å². The summed E-state index contributed by atoms with van der Waals surface area (Å²) in [5.74, 6) is 1.46. The highest BCUT2D eigenvalue weighted by Gasteiger charge is 2.27. The lowest BCUT2D eigenvalue weighted by molar-refractivity contribution is -0.142. The van der Waals surface area contributed by atoms with Crippen molar-refractivity contribution in [3.05, 3.63) is 29.3 Å². The first kappa shape index (κ1) is 21.3. The molecule has 0 N–H and O–H groups in total. The van der Waals surface area contributed by atoms with E-state index in [0.717, 1.165) is 29.7 Å². The second kappa shape index (κ2) is 10.3. The van der Waals surface area contributed by atoms with Crippen molar-refractivity contribution in [2.75, 3.05) is 32.8 Å². The van der Waals surface area contributed by atoms with Gasteiger partial charge in [0.15, 0.2) is 0 Å². The summed E-state index contributed by atoms with van der Waals surface area (Å²) in [4.78, 5) is 28.7. The van der Waals surface area contributed by atoms with Crippen molar-refractivity contribution >= 4 is 11.8 Å². The standard InChI is InChI=1S/C22H34N2O3/c1-5-19(6-2)22(26)24-14-12-23(13-15-24)20(25)11-8-16-27-21-17(3)9-7-10-18(21)4/h7,9-10,19H,5-6,8,11-16H2,1-4H3. The van der Waals surface area contributed by atoms with Gasteiger partial charge in [0.2, 0.25) is 11.8 Å². The first-order valence-corrected chi connectivity index (χ1v) is 10.2. The third-order valence-corrected chi connectivity index (χ3v) is 5.47. The van der Waals surface area contributed by atoms with Gasteiger partial charge in [-0.25, -0.2) is 0 Å². The lowest BCUT2D eigenvalue weighted by Gasteiger charge is -2.36. The quantitative estimate of drug-likeness (QED) is 0.654. The van der Waals surface area contributed by atoms with E-state index in [0.29, 0.717) is 45.6 Å². The van der Waals surface area contributed by atoms with Crippen LogP contribution in [0.5, 0.6) is 5.75 Å². The van der Waals surface area contributed by atoms with Gasteiger partial charge in [-0.3, -0.25) is 9.59 Å². The molecule has 1 fully saturated rings. The average Bonchev–Trinajstić information content (AvgIpc) is 2.68. The molecule has 1 heterocycles. The van der Waals surface area contributed by atoms with Crippen LogP contribution in [-0.2, 0) is 9.59 Å². The fourth-order valence-corrected chi connectivity index (χ4v) is 3.65. The van der Waals surface area contributed by atoms with Crippen molar-refractivity contribution in [1.29, 1.82) is 0 Å². The number of carbonyl (C=O) groups is 2. The van der Waals surface area contributed by atoms with E-state index in [9.17, 15) is 9.59 Å². The Morgan fingerprint density at radius 3 is 2.11 bits per heavy atom. The summed E-state index contributed by atoms with van der Waals surface area (Å²) in [7, 11) is 0. The molecule has 27 heavy (non-hydrogen) atoms. The Hall–Kier alpha value is -2.04. The lowest BCUT2D eigenvalue weighted by Crippen LogP contribution is -2.51. The lowest BCUT2D eigenvalue weighted by atomic mass is 10.0. The van der Waals surface area contributed by atoms with Crippen molar-refractivity contribution in [2.45, 2.75) is 53.4 Å². The van der Waals surface area contributed by atoms with Crippen LogP contribution in [0.2, 0.25) is 0 Å². The number of hydrogen-bond acceptors (Lipinski definition) is 3. The molecule has 0 aromatic heterocycles. The van der Waals surface area contributed by atoms with E-state index >= 15 is 0 Å². The summed E-state index contributed by atoms with van der Waals surface area (Å²) < 4.78 is 5.88. The molecule has 0 bridgehead atoms. The van der Waals surface area contributed by atoms with Gasteiger partial charge in [-0.2, -0.15) is 0 Å². The molecule has 1 aliphatic rings. The SMILES string of the molecule is CCC(CC)C(=O)N1CCN(C(=O)CCCOc2c(C)cccc2C)CC1. The van der Waals surface area contributed by atoms with E-state index in [-0.39, 0.29) is 17.7 Å². The minimum Gasteiger partial charge on any atom is -0.493 e. The maximum absolute atomic E-state index is 12.4. The first-order chi connectivity index (χ1) is 13.0. The van der Waals surface area contributed by atoms with Crippen LogP contribution >= 0.6 is 0 Å². The molecule has 150 valence electrons. The molecule has 5 nitrogen and oxygen atoms in total. The van der Waals surface area contributed by atoms with Crippen LogP contribution in [-0.4, -0.2) is 54.4 Å². The van der Waals surface area contributed by atoms with Crippen LogP contribution in [0.1, 0.15) is 50.7 Å². The number of para-hydroxylation sites is 1. The number of rotatable bonds is 8. The molecule has 1 saturated heterocycles. The molecule has 0 unspecified atom stereocenters. The zero-order valence-corrected chi connectivity index (χ0v) is 17.3. The van der Waals surface area contributed by atoms with Crippen LogP contribution in [0, 0.1) is 19.8 Å². The Balaban J connectivity index is 1.71. The molecular formula is C22H34N2O3. The monoisotopic (exact) mass is 374 g/mol. The van der Waals surface area contributed by atoms with E-state index in [1.807, 2.05) is 41.8 Å². The summed E-state index contributed by atoms with van der Waals surface area (Å²) in [6.45, 7) is 11.3. The number of ether oxygens (including phenoxy) is 1. The molecule has 2 amide bonds. The highest BCUT2D eigenvalue weighted by Crippen LogP contribution is 2.22. The van der Waals surface area contributed by atoms with E-state index < -0.39 is 0 Å². The highest BCUT2D eigenvalue weighted by atomic mass is 16.5. The summed E-state index contributed by atoms with van der Waals surface area (Å²) >= 11 is 0. The molecular weight excluding hydrogens is 340 g/mol. The summed E-state index contributed by atoms with van der Waals surface area (Å²) in [6.07, 6.45) is 2.97. The van der Waals surface area contributed by atoms with E-state index in [1.54, 1.807) is 0 Å². The molecule has 1 aromatic carbocycles. The fourth-order valence-electron chi connectivity index (χ4n) is 3.65. The van der Waals surface area contributed by atoms with Crippen LogP contribution in [0.25, 0.3) is 0 Å². The third kappa shape index (κ3) is 5.72. The van der Waals surface area contributed by atoms with Crippen molar-refractivity contribution in [3.8, 4) is 5.75 Å². The molecule has 0 aliphatic carbocycles. The van der Waals surface area contributed by atoms with Crippen molar-refractivity contribution < 1.29 is 14.3 Å². The van der Waals surface area contributed by atoms with Gasteiger partial charge in [-0.15, -0.1) is 0 Å². The van der Waals surface area contributed by atoms with Crippen molar-refractivity contribution in [3.63, 3.8) is 0 Å². The van der Waals surface area contributed by atoms with Crippen LogP contribution in [0.15, 0.2) is 18.2 Å². The van der Waals surface area contributed by atoms with Gasteiger partial charge >= 0.3 is 0 Å². The number of hydrogen-bond donors (Lipinski definition) is 0. The molecule has 0 radical (unpaired) electrons. The zero-order valence-electron chi connectivity index (χ0n) is 17.3.